The molecule has 0 aliphatic rings. The monoisotopic (exact) mass is 354 g/mol. The summed E-state index contributed by atoms with van der Waals surface area (Å²) in [6.45, 7) is 0.974. The molecule has 128 valence electrons. The van der Waals surface area contributed by atoms with E-state index in [1.165, 1.54) is 0 Å². The summed E-state index contributed by atoms with van der Waals surface area (Å²) in [6.07, 6.45) is 3.50. The summed E-state index contributed by atoms with van der Waals surface area (Å²) < 4.78 is 11.2. The van der Waals surface area contributed by atoms with Crippen LogP contribution in [-0.4, -0.2) is 17.5 Å². The maximum atomic E-state index is 11.8. The van der Waals surface area contributed by atoms with E-state index in [1.807, 2.05) is 41.8 Å². The highest BCUT2D eigenvalue weighted by atomic mass is 32.1. The van der Waals surface area contributed by atoms with E-state index in [9.17, 15) is 4.79 Å². The fourth-order valence-corrected chi connectivity index (χ4v) is 2.73. The lowest BCUT2D eigenvalue weighted by Gasteiger charge is -2.09. The number of amides is 1. The number of pyridine rings is 1. The van der Waals surface area contributed by atoms with Gasteiger partial charge < -0.3 is 14.8 Å². The van der Waals surface area contributed by atoms with E-state index in [0.29, 0.717) is 18.9 Å². The van der Waals surface area contributed by atoms with Crippen molar-refractivity contribution in [3.05, 3.63) is 76.7 Å². The van der Waals surface area contributed by atoms with Gasteiger partial charge in [0, 0.05) is 22.8 Å². The van der Waals surface area contributed by atoms with E-state index in [1.54, 1.807) is 35.9 Å². The SMILES string of the molecule is O=C(COc1ccc(OCc2cccnc2)cc1)NCc1cccs1. The van der Waals surface area contributed by atoms with Crippen molar-refractivity contribution >= 4 is 17.2 Å². The molecule has 1 aromatic carbocycles. The molecule has 3 rings (SSSR count). The fourth-order valence-electron chi connectivity index (χ4n) is 2.08. The Balaban J connectivity index is 1.40. The van der Waals surface area contributed by atoms with Gasteiger partial charge in [-0.25, -0.2) is 0 Å². The molecule has 0 aliphatic heterocycles. The van der Waals surface area contributed by atoms with Crippen LogP contribution in [0.2, 0.25) is 0 Å². The van der Waals surface area contributed by atoms with Gasteiger partial charge in [-0.1, -0.05) is 12.1 Å². The summed E-state index contributed by atoms with van der Waals surface area (Å²) in [6, 6.07) is 15.0. The Morgan fingerprint density at radius 2 is 1.84 bits per heavy atom. The molecular formula is C19H18N2O3S. The number of ether oxygens (including phenoxy) is 2. The minimum Gasteiger partial charge on any atom is -0.489 e. The fraction of sp³-hybridized carbons (Fsp3) is 0.158. The highest BCUT2D eigenvalue weighted by Gasteiger charge is 2.04. The van der Waals surface area contributed by atoms with Crippen molar-refractivity contribution in [2.24, 2.45) is 0 Å². The first kappa shape index (κ1) is 17.0. The molecule has 0 saturated heterocycles. The van der Waals surface area contributed by atoms with Crippen molar-refractivity contribution < 1.29 is 14.3 Å². The van der Waals surface area contributed by atoms with E-state index in [0.717, 1.165) is 16.2 Å². The predicted molar refractivity (Wildman–Crippen MR) is 96.7 cm³/mol. The third-order valence-electron chi connectivity index (χ3n) is 3.36. The Labute approximate surface area is 150 Å². The quantitative estimate of drug-likeness (QED) is 0.673. The summed E-state index contributed by atoms with van der Waals surface area (Å²) in [5.74, 6) is 1.21. The lowest BCUT2D eigenvalue weighted by Crippen LogP contribution is -2.28. The van der Waals surface area contributed by atoms with Crippen LogP contribution in [-0.2, 0) is 17.9 Å². The summed E-state index contributed by atoms with van der Waals surface area (Å²) in [5.41, 5.74) is 1.00. The Morgan fingerprint density at radius 3 is 2.52 bits per heavy atom. The van der Waals surface area contributed by atoms with Crippen LogP contribution in [0.3, 0.4) is 0 Å². The van der Waals surface area contributed by atoms with Crippen molar-refractivity contribution in [2.75, 3.05) is 6.61 Å². The average molecular weight is 354 g/mol. The molecule has 0 fully saturated rings. The first-order valence-electron chi connectivity index (χ1n) is 7.83. The van der Waals surface area contributed by atoms with Crippen molar-refractivity contribution in [1.29, 1.82) is 0 Å². The smallest absolute Gasteiger partial charge is 0.258 e. The van der Waals surface area contributed by atoms with Gasteiger partial charge >= 0.3 is 0 Å². The third-order valence-corrected chi connectivity index (χ3v) is 4.24. The lowest BCUT2D eigenvalue weighted by molar-refractivity contribution is -0.123. The van der Waals surface area contributed by atoms with Crippen molar-refractivity contribution in [1.82, 2.24) is 10.3 Å². The van der Waals surface area contributed by atoms with Crippen LogP contribution in [0.5, 0.6) is 11.5 Å². The summed E-state index contributed by atoms with van der Waals surface area (Å²) in [7, 11) is 0. The number of carbonyl (C=O) groups excluding carboxylic acids is 1. The minimum absolute atomic E-state index is 0.0126. The van der Waals surface area contributed by atoms with Crippen LogP contribution in [0, 0.1) is 0 Å². The highest BCUT2D eigenvalue weighted by Crippen LogP contribution is 2.18. The van der Waals surface area contributed by atoms with E-state index in [2.05, 4.69) is 10.3 Å². The molecule has 0 unspecified atom stereocenters. The zero-order valence-corrected chi connectivity index (χ0v) is 14.4. The van der Waals surface area contributed by atoms with Crippen LogP contribution in [0.15, 0.2) is 66.3 Å². The number of nitrogens with zero attached hydrogens (tertiary/aromatic N) is 1. The molecule has 1 amide bonds. The van der Waals surface area contributed by atoms with Gasteiger partial charge in [-0.2, -0.15) is 0 Å². The highest BCUT2D eigenvalue weighted by molar-refractivity contribution is 7.09. The molecular weight excluding hydrogens is 336 g/mol. The number of aromatic nitrogens is 1. The second-order valence-electron chi connectivity index (χ2n) is 5.27. The summed E-state index contributed by atoms with van der Waals surface area (Å²) in [5, 5.41) is 4.80. The van der Waals surface area contributed by atoms with Gasteiger partial charge in [-0.15, -0.1) is 11.3 Å². The van der Waals surface area contributed by atoms with Gasteiger partial charge in [-0.3, -0.25) is 9.78 Å². The zero-order valence-electron chi connectivity index (χ0n) is 13.6. The van der Waals surface area contributed by atoms with Crippen molar-refractivity contribution in [3.63, 3.8) is 0 Å². The second-order valence-corrected chi connectivity index (χ2v) is 6.30. The normalized spacial score (nSPS) is 10.2. The molecule has 0 aliphatic carbocycles. The Bertz CT molecular complexity index is 774. The van der Waals surface area contributed by atoms with Gasteiger partial charge in [0.1, 0.15) is 18.1 Å². The molecule has 3 aromatic rings. The van der Waals surface area contributed by atoms with Crippen LogP contribution >= 0.6 is 11.3 Å². The minimum atomic E-state index is -0.148. The maximum absolute atomic E-state index is 11.8. The van der Waals surface area contributed by atoms with E-state index in [4.69, 9.17) is 9.47 Å². The van der Waals surface area contributed by atoms with E-state index >= 15 is 0 Å². The first-order chi connectivity index (χ1) is 12.3. The second kappa shape index (κ2) is 8.84. The predicted octanol–water partition coefficient (Wildman–Crippen LogP) is 3.42. The largest absolute Gasteiger partial charge is 0.489 e. The molecule has 25 heavy (non-hydrogen) atoms. The van der Waals surface area contributed by atoms with Gasteiger partial charge in [0.2, 0.25) is 0 Å². The van der Waals surface area contributed by atoms with Gasteiger partial charge in [-0.05, 0) is 41.8 Å². The molecule has 0 atom stereocenters. The number of hydrogen-bond acceptors (Lipinski definition) is 5. The van der Waals surface area contributed by atoms with Gasteiger partial charge in [0.05, 0.1) is 6.54 Å². The molecule has 2 aromatic heterocycles. The Hall–Kier alpha value is -2.86. The molecule has 0 saturated carbocycles. The van der Waals surface area contributed by atoms with Crippen LogP contribution in [0.25, 0.3) is 0 Å². The number of rotatable bonds is 8. The summed E-state index contributed by atoms with van der Waals surface area (Å²) in [4.78, 5) is 16.9. The van der Waals surface area contributed by atoms with Gasteiger partial charge in [0.25, 0.3) is 5.91 Å². The topological polar surface area (TPSA) is 60.5 Å². The van der Waals surface area contributed by atoms with Gasteiger partial charge in [0.15, 0.2) is 6.61 Å². The molecule has 2 heterocycles. The van der Waals surface area contributed by atoms with Crippen molar-refractivity contribution in [2.45, 2.75) is 13.2 Å². The Morgan fingerprint density at radius 1 is 1.04 bits per heavy atom. The number of nitrogens with one attached hydrogen (secondary N) is 1. The Kier molecular flexibility index (Phi) is 6.01. The lowest BCUT2D eigenvalue weighted by atomic mass is 10.3. The van der Waals surface area contributed by atoms with Crippen molar-refractivity contribution in [3.8, 4) is 11.5 Å². The standard InChI is InChI=1S/C19H18N2O3S/c22-19(21-12-18-4-2-10-25-18)14-24-17-7-5-16(6-8-17)23-13-15-3-1-9-20-11-15/h1-11H,12-14H2,(H,21,22). The van der Waals surface area contributed by atoms with E-state index in [-0.39, 0.29) is 12.5 Å². The molecule has 0 radical (unpaired) electrons. The number of thiophene rings is 1. The number of carbonyl (C=O) groups is 1. The average Bonchev–Trinajstić information content (AvgIpc) is 3.18. The third kappa shape index (κ3) is 5.61. The van der Waals surface area contributed by atoms with E-state index < -0.39 is 0 Å². The molecule has 0 spiro atoms. The zero-order chi connectivity index (χ0) is 17.3. The van der Waals surface area contributed by atoms with Crippen LogP contribution < -0.4 is 14.8 Å². The first-order valence-corrected chi connectivity index (χ1v) is 8.71. The van der Waals surface area contributed by atoms with Crippen LogP contribution in [0.1, 0.15) is 10.4 Å². The molecule has 1 N–H and O–H groups in total. The molecule has 6 heteroatoms. The number of benzene rings is 1. The molecule has 5 nitrogen and oxygen atoms in total. The van der Waals surface area contributed by atoms with Crippen LogP contribution in [0.4, 0.5) is 0 Å². The maximum Gasteiger partial charge on any atom is 0.258 e. The summed E-state index contributed by atoms with van der Waals surface area (Å²) >= 11 is 1.61. The number of hydrogen-bond donors (Lipinski definition) is 1. The molecule has 0 bridgehead atoms.